The molecule has 1 heterocycles. The van der Waals surface area contributed by atoms with Crippen molar-refractivity contribution in [2.45, 2.75) is 6.42 Å². The molecule has 0 radical (unpaired) electrons. The lowest BCUT2D eigenvalue weighted by atomic mass is 10.1. The molecular formula is C14H16FNO2. The van der Waals surface area contributed by atoms with Crippen LogP contribution in [0.2, 0.25) is 0 Å². The Balaban J connectivity index is 1.87. The highest BCUT2D eigenvalue weighted by atomic mass is 19.1. The lowest BCUT2D eigenvalue weighted by Crippen LogP contribution is -2.23. The summed E-state index contributed by atoms with van der Waals surface area (Å²) in [6, 6.07) is 9.84. The highest BCUT2D eigenvalue weighted by Gasteiger charge is 2.11. The van der Waals surface area contributed by atoms with Crippen LogP contribution in [0.3, 0.4) is 0 Å². The number of halogens is 1. The van der Waals surface area contributed by atoms with Gasteiger partial charge in [-0.2, -0.15) is 0 Å². The van der Waals surface area contributed by atoms with Gasteiger partial charge in [0.25, 0.3) is 0 Å². The van der Waals surface area contributed by atoms with Crippen LogP contribution in [0.15, 0.2) is 47.1 Å². The van der Waals surface area contributed by atoms with Crippen LogP contribution in [0, 0.1) is 11.7 Å². The van der Waals surface area contributed by atoms with Gasteiger partial charge in [-0.25, -0.2) is 4.39 Å². The van der Waals surface area contributed by atoms with E-state index in [9.17, 15) is 4.39 Å². The minimum absolute atomic E-state index is 0.152. The second kappa shape index (κ2) is 6.21. The van der Waals surface area contributed by atoms with Gasteiger partial charge in [-0.1, -0.05) is 6.07 Å². The molecule has 2 rings (SSSR count). The van der Waals surface area contributed by atoms with Gasteiger partial charge in [0.15, 0.2) is 0 Å². The van der Waals surface area contributed by atoms with E-state index in [2.05, 4.69) is 0 Å². The van der Waals surface area contributed by atoms with Crippen molar-refractivity contribution in [3.8, 4) is 5.75 Å². The molecule has 0 aliphatic carbocycles. The maximum atomic E-state index is 13.0. The quantitative estimate of drug-likeness (QED) is 0.856. The van der Waals surface area contributed by atoms with Crippen LogP contribution in [0.25, 0.3) is 0 Å². The summed E-state index contributed by atoms with van der Waals surface area (Å²) in [7, 11) is 0. The van der Waals surface area contributed by atoms with Crippen molar-refractivity contribution >= 4 is 0 Å². The van der Waals surface area contributed by atoms with Crippen LogP contribution in [-0.4, -0.2) is 13.2 Å². The average molecular weight is 249 g/mol. The summed E-state index contributed by atoms with van der Waals surface area (Å²) in [4.78, 5) is 0. The van der Waals surface area contributed by atoms with Crippen LogP contribution < -0.4 is 10.5 Å². The Hall–Kier alpha value is -1.81. The standard InChI is InChI=1S/C14H16FNO2/c15-12-3-1-4-14(8-12)18-10-11(9-16)7-13-5-2-6-17-13/h1-6,8,11H,7,9-10,16H2. The third-order valence-corrected chi connectivity index (χ3v) is 2.69. The van der Waals surface area contributed by atoms with E-state index in [1.165, 1.54) is 12.1 Å². The summed E-state index contributed by atoms with van der Waals surface area (Å²) >= 11 is 0. The van der Waals surface area contributed by atoms with Crippen LogP contribution >= 0.6 is 0 Å². The van der Waals surface area contributed by atoms with Crippen molar-refractivity contribution in [3.63, 3.8) is 0 Å². The number of ether oxygens (including phenoxy) is 1. The molecule has 0 saturated carbocycles. The monoisotopic (exact) mass is 249 g/mol. The van der Waals surface area contributed by atoms with Gasteiger partial charge in [0.2, 0.25) is 0 Å². The van der Waals surface area contributed by atoms with Crippen molar-refractivity contribution < 1.29 is 13.5 Å². The second-order valence-corrected chi connectivity index (χ2v) is 4.15. The highest BCUT2D eigenvalue weighted by Crippen LogP contribution is 2.15. The molecular weight excluding hydrogens is 233 g/mol. The molecule has 0 fully saturated rings. The van der Waals surface area contributed by atoms with E-state index in [-0.39, 0.29) is 11.7 Å². The molecule has 0 saturated heterocycles. The van der Waals surface area contributed by atoms with Gasteiger partial charge in [0.05, 0.1) is 12.9 Å². The molecule has 2 N–H and O–H groups in total. The van der Waals surface area contributed by atoms with Gasteiger partial charge >= 0.3 is 0 Å². The van der Waals surface area contributed by atoms with E-state index >= 15 is 0 Å². The first kappa shape index (κ1) is 12.6. The number of nitrogens with two attached hydrogens (primary N) is 1. The zero-order valence-corrected chi connectivity index (χ0v) is 10.0. The maximum Gasteiger partial charge on any atom is 0.126 e. The van der Waals surface area contributed by atoms with Gasteiger partial charge in [-0.15, -0.1) is 0 Å². The minimum Gasteiger partial charge on any atom is -0.493 e. The van der Waals surface area contributed by atoms with Crippen molar-refractivity contribution in [3.05, 3.63) is 54.2 Å². The van der Waals surface area contributed by atoms with Gasteiger partial charge in [0.1, 0.15) is 17.3 Å². The van der Waals surface area contributed by atoms with Crippen molar-refractivity contribution in [2.75, 3.05) is 13.2 Å². The molecule has 3 nitrogen and oxygen atoms in total. The Bertz CT molecular complexity index is 470. The molecule has 1 atom stereocenters. The second-order valence-electron chi connectivity index (χ2n) is 4.15. The lowest BCUT2D eigenvalue weighted by Gasteiger charge is -2.14. The molecule has 96 valence electrons. The van der Waals surface area contributed by atoms with E-state index in [1.807, 2.05) is 12.1 Å². The van der Waals surface area contributed by atoms with Gasteiger partial charge in [0, 0.05) is 18.4 Å². The Morgan fingerprint density at radius 1 is 1.28 bits per heavy atom. The molecule has 0 amide bonds. The van der Waals surface area contributed by atoms with Crippen LogP contribution in [0.4, 0.5) is 4.39 Å². The third kappa shape index (κ3) is 3.60. The van der Waals surface area contributed by atoms with E-state index in [0.717, 1.165) is 12.2 Å². The summed E-state index contributed by atoms with van der Waals surface area (Å²) in [6.45, 7) is 0.941. The van der Waals surface area contributed by atoms with E-state index in [1.54, 1.807) is 18.4 Å². The Kier molecular flexibility index (Phi) is 4.36. The van der Waals surface area contributed by atoms with Gasteiger partial charge in [-0.3, -0.25) is 0 Å². The zero-order chi connectivity index (χ0) is 12.8. The third-order valence-electron chi connectivity index (χ3n) is 2.69. The fourth-order valence-corrected chi connectivity index (χ4v) is 1.69. The predicted octanol–water partition coefficient (Wildman–Crippen LogP) is 2.62. The molecule has 0 aliphatic heterocycles. The molecule has 1 aromatic carbocycles. The topological polar surface area (TPSA) is 48.4 Å². The number of hydrogen-bond acceptors (Lipinski definition) is 3. The summed E-state index contributed by atoms with van der Waals surface area (Å²) in [6.07, 6.45) is 2.36. The number of benzene rings is 1. The smallest absolute Gasteiger partial charge is 0.126 e. The molecule has 1 aromatic heterocycles. The zero-order valence-electron chi connectivity index (χ0n) is 10.0. The van der Waals surface area contributed by atoms with Crippen molar-refractivity contribution in [1.29, 1.82) is 0 Å². The first-order valence-electron chi connectivity index (χ1n) is 5.88. The average Bonchev–Trinajstić information content (AvgIpc) is 2.87. The van der Waals surface area contributed by atoms with Crippen LogP contribution in [-0.2, 0) is 6.42 Å². The maximum absolute atomic E-state index is 13.0. The van der Waals surface area contributed by atoms with Crippen LogP contribution in [0.1, 0.15) is 5.76 Å². The summed E-state index contributed by atoms with van der Waals surface area (Å²) < 4.78 is 23.8. The Morgan fingerprint density at radius 3 is 2.83 bits per heavy atom. The molecule has 0 bridgehead atoms. The van der Waals surface area contributed by atoms with E-state index in [0.29, 0.717) is 18.9 Å². The summed E-state index contributed by atoms with van der Waals surface area (Å²) in [5.74, 6) is 1.25. The molecule has 4 heteroatoms. The van der Waals surface area contributed by atoms with E-state index in [4.69, 9.17) is 14.9 Å². The molecule has 0 aliphatic rings. The van der Waals surface area contributed by atoms with Gasteiger partial charge < -0.3 is 14.9 Å². The minimum atomic E-state index is -0.303. The fraction of sp³-hybridized carbons (Fsp3) is 0.286. The van der Waals surface area contributed by atoms with Crippen molar-refractivity contribution in [1.82, 2.24) is 0 Å². The molecule has 18 heavy (non-hydrogen) atoms. The summed E-state index contributed by atoms with van der Waals surface area (Å²) in [5, 5.41) is 0. The normalized spacial score (nSPS) is 12.3. The first-order chi connectivity index (χ1) is 8.78. The number of furan rings is 1. The van der Waals surface area contributed by atoms with Crippen LogP contribution in [0.5, 0.6) is 5.75 Å². The number of hydrogen-bond donors (Lipinski definition) is 1. The SMILES string of the molecule is NCC(COc1cccc(F)c1)Cc1ccco1. The fourth-order valence-electron chi connectivity index (χ4n) is 1.69. The molecule has 1 unspecified atom stereocenters. The Labute approximate surface area is 105 Å². The van der Waals surface area contributed by atoms with Gasteiger partial charge in [-0.05, 0) is 30.8 Å². The Morgan fingerprint density at radius 2 is 2.17 bits per heavy atom. The first-order valence-corrected chi connectivity index (χ1v) is 5.88. The predicted molar refractivity (Wildman–Crippen MR) is 66.9 cm³/mol. The number of rotatable bonds is 6. The largest absolute Gasteiger partial charge is 0.493 e. The molecule has 2 aromatic rings. The van der Waals surface area contributed by atoms with E-state index < -0.39 is 0 Å². The molecule has 0 spiro atoms. The lowest BCUT2D eigenvalue weighted by molar-refractivity contribution is 0.244. The highest BCUT2D eigenvalue weighted by molar-refractivity contribution is 5.22. The summed E-state index contributed by atoms with van der Waals surface area (Å²) in [5.41, 5.74) is 5.69. The van der Waals surface area contributed by atoms with Crippen molar-refractivity contribution in [2.24, 2.45) is 11.7 Å².